The van der Waals surface area contributed by atoms with Crippen molar-refractivity contribution in [3.05, 3.63) is 40.7 Å². The minimum Gasteiger partial charge on any atom is -0.505 e. The molecule has 0 aliphatic rings. The summed E-state index contributed by atoms with van der Waals surface area (Å²) in [5.41, 5.74) is 2.47. The van der Waals surface area contributed by atoms with E-state index in [0.29, 0.717) is 12.3 Å². The lowest BCUT2D eigenvalue weighted by Gasteiger charge is -2.13. The maximum Gasteiger partial charge on any atom is 0.387 e. The smallest absolute Gasteiger partial charge is 0.387 e. The van der Waals surface area contributed by atoms with Crippen LogP contribution in [0.15, 0.2) is 35.8 Å². The lowest BCUT2D eigenvalue weighted by molar-refractivity contribution is 0.385. The summed E-state index contributed by atoms with van der Waals surface area (Å²) in [5.74, 6) is 0.537. The molecule has 0 aromatic rings. The first-order valence-electron chi connectivity index (χ1n) is 6.00. The minimum atomic E-state index is 0.0881. The lowest BCUT2D eigenvalue weighted by atomic mass is 9.93. The molecule has 0 aliphatic carbocycles. The van der Waals surface area contributed by atoms with Gasteiger partial charge in [0.15, 0.2) is 10.7 Å². The molecule has 0 rings (SSSR count). The molecule has 0 saturated carbocycles. The van der Waals surface area contributed by atoms with E-state index in [4.69, 9.17) is 5.39 Å². The molecule has 0 bridgehead atoms. The van der Waals surface area contributed by atoms with Crippen molar-refractivity contribution in [2.45, 2.75) is 46.5 Å². The molecule has 0 aliphatic heterocycles. The second kappa shape index (κ2) is 8.58. The van der Waals surface area contributed by atoms with Crippen LogP contribution in [0.25, 0.3) is 4.98 Å². The molecule has 0 radical (unpaired) electrons. The van der Waals surface area contributed by atoms with E-state index in [0.717, 1.165) is 31.0 Å². The van der Waals surface area contributed by atoms with Crippen LogP contribution in [-0.2, 0) is 0 Å². The summed E-state index contributed by atoms with van der Waals surface area (Å²) in [4.78, 5) is 2.78. The van der Waals surface area contributed by atoms with Crippen LogP contribution in [0.1, 0.15) is 46.5 Å². The Kier molecular flexibility index (Phi) is 7.79. The molecule has 0 unspecified atom stereocenters. The largest absolute Gasteiger partial charge is 0.505 e. The van der Waals surface area contributed by atoms with Crippen molar-refractivity contribution in [1.29, 1.82) is 5.39 Å². The highest BCUT2D eigenvalue weighted by atomic mass is 16.3. The van der Waals surface area contributed by atoms with Gasteiger partial charge in [-0.05, 0) is 39.0 Å². The molecule has 0 saturated heterocycles. The fraction of sp³-hybridized carbons (Fsp3) is 0.571. The van der Waals surface area contributed by atoms with E-state index in [2.05, 4.69) is 38.4 Å². The molecule has 0 aromatic carbocycles. The van der Waals surface area contributed by atoms with Crippen LogP contribution in [0.2, 0.25) is 0 Å². The number of hydrogen-bond acceptors (Lipinski definition) is 2. The average molecular weight is 235 g/mol. The van der Waals surface area contributed by atoms with Crippen LogP contribution in [0.3, 0.4) is 0 Å². The normalized spacial score (nSPS) is 12.7. The molecule has 17 heavy (non-hydrogen) atoms. The third-order valence-corrected chi connectivity index (χ3v) is 2.76. The molecule has 0 fully saturated rings. The topological polar surface area (TPSA) is 48.4 Å². The molecule has 1 atom stereocenters. The SMILES string of the molecule is C=C(CC/C(O)=C/[N+]#N)[C@H](C)CCC=C(C)C. The van der Waals surface area contributed by atoms with Gasteiger partial charge in [0.2, 0.25) is 5.39 Å². The second-order valence-electron chi connectivity index (χ2n) is 4.65. The molecule has 3 nitrogen and oxygen atoms in total. The van der Waals surface area contributed by atoms with Crippen LogP contribution in [-0.4, -0.2) is 5.11 Å². The Morgan fingerprint density at radius 1 is 1.41 bits per heavy atom. The zero-order valence-corrected chi connectivity index (χ0v) is 11.1. The molecule has 94 valence electrons. The summed E-state index contributed by atoms with van der Waals surface area (Å²) in [6, 6.07) is 0. The maximum atomic E-state index is 9.29. The lowest BCUT2D eigenvalue weighted by Crippen LogP contribution is -1.99. The molecule has 0 amide bonds. The predicted octanol–water partition coefficient (Wildman–Crippen LogP) is 4.96. The first-order valence-corrected chi connectivity index (χ1v) is 6.00. The summed E-state index contributed by atoms with van der Waals surface area (Å²) < 4.78 is 0. The van der Waals surface area contributed by atoms with E-state index in [1.807, 2.05) is 0 Å². The Bertz CT molecular complexity index is 344. The van der Waals surface area contributed by atoms with E-state index >= 15 is 0 Å². The Hall–Kier alpha value is -1.56. The van der Waals surface area contributed by atoms with Crippen LogP contribution in [0, 0.1) is 11.3 Å². The van der Waals surface area contributed by atoms with E-state index < -0.39 is 0 Å². The minimum absolute atomic E-state index is 0.0881. The van der Waals surface area contributed by atoms with Crippen LogP contribution < -0.4 is 0 Å². The van der Waals surface area contributed by atoms with Gasteiger partial charge in [-0.15, -0.1) is 0 Å². The number of hydrogen-bond donors (Lipinski definition) is 1. The summed E-state index contributed by atoms with van der Waals surface area (Å²) in [6.07, 6.45) is 6.64. The van der Waals surface area contributed by atoms with Gasteiger partial charge >= 0.3 is 6.20 Å². The molecule has 3 heteroatoms. The van der Waals surface area contributed by atoms with Gasteiger partial charge in [0.05, 0.1) is 0 Å². The highest BCUT2D eigenvalue weighted by Crippen LogP contribution is 2.21. The van der Waals surface area contributed by atoms with Gasteiger partial charge in [0.1, 0.15) is 0 Å². The molecular formula is C14H23N2O+. The van der Waals surface area contributed by atoms with Crippen LogP contribution in [0.4, 0.5) is 0 Å². The van der Waals surface area contributed by atoms with Crippen molar-refractivity contribution in [2.24, 2.45) is 5.92 Å². The van der Waals surface area contributed by atoms with E-state index in [9.17, 15) is 5.11 Å². The molecular weight excluding hydrogens is 212 g/mol. The standard InChI is InChI=1S/C14H22N2O/c1-11(2)6-5-7-12(3)13(4)8-9-14(17)10-16-15/h6,10,12H,4-5,7-9H2,1-3H3/p+1/b14-10-/t12-/m1/s1. The number of allylic oxidation sites excluding steroid dienone is 4. The van der Waals surface area contributed by atoms with Gasteiger partial charge in [0.25, 0.3) is 0 Å². The number of aliphatic hydroxyl groups is 1. The van der Waals surface area contributed by atoms with Gasteiger partial charge in [-0.1, -0.05) is 30.7 Å². The number of nitrogens with zero attached hydrogens (tertiary/aromatic N) is 2. The highest BCUT2D eigenvalue weighted by Gasteiger charge is 2.08. The number of diazo groups is 1. The average Bonchev–Trinajstić information content (AvgIpc) is 2.25. The second-order valence-corrected chi connectivity index (χ2v) is 4.65. The summed E-state index contributed by atoms with van der Waals surface area (Å²) in [6.45, 7) is 10.4. The molecule has 0 heterocycles. The highest BCUT2D eigenvalue weighted by molar-refractivity contribution is 5.05. The van der Waals surface area contributed by atoms with Crippen molar-refractivity contribution in [3.63, 3.8) is 0 Å². The maximum absolute atomic E-state index is 9.29. The van der Waals surface area contributed by atoms with E-state index in [1.165, 1.54) is 5.57 Å². The molecule has 0 aromatic heterocycles. The summed E-state index contributed by atoms with van der Waals surface area (Å²) in [7, 11) is 0. The monoisotopic (exact) mass is 235 g/mol. The summed E-state index contributed by atoms with van der Waals surface area (Å²) in [5, 5.41) is 17.5. The zero-order valence-electron chi connectivity index (χ0n) is 11.1. The molecule has 1 N–H and O–H groups in total. The quantitative estimate of drug-likeness (QED) is 0.385. The van der Waals surface area contributed by atoms with Gasteiger partial charge in [-0.2, -0.15) is 0 Å². The third kappa shape index (κ3) is 8.27. The Morgan fingerprint density at radius 3 is 2.59 bits per heavy atom. The van der Waals surface area contributed by atoms with Crippen LogP contribution in [0.5, 0.6) is 0 Å². The first-order chi connectivity index (χ1) is 7.97. The summed E-state index contributed by atoms with van der Waals surface area (Å²) >= 11 is 0. The van der Waals surface area contributed by atoms with Gasteiger partial charge < -0.3 is 5.11 Å². The van der Waals surface area contributed by atoms with Crippen molar-refractivity contribution in [3.8, 4) is 0 Å². The van der Waals surface area contributed by atoms with E-state index in [-0.39, 0.29) is 5.76 Å². The first kappa shape index (κ1) is 15.4. The fourth-order valence-corrected chi connectivity index (χ4v) is 1.49. The van der Waals surface area contributed by atoms with E-state index in [1.54, 1.807) is 0 Å². The van der Waals surface area contributed by atoms with Crippen molar-refractivity contribution in [1.82, 2.24) is 0 Å². The number of rotatable bonds is 7. The number of aliphatic hydroxyl groups excluding tert-OH is 1. The van der Waals surface area contributed by atoms with Gasteiger partial charge in [-0.25, -0.2) is 0 Å². The van der Waals surface area contributed by atoms with Gasteiger partial charge in [0, 0.05) is 6.42 Å². The molecule has 0 spiro atoms. The zero-order chi connectivity index (χ0) is 13.3. The van der Waals surface area contributed by atoms with Crippen LogP contribution >= 0.6 is 0 Å². The van der Waals surface area contributed by atoms with Crippen molar-refractivity contribution in [2.75, 3.05) is 0 Å². The van der Waals surface area contributed by atoms with Gasteiger partial charge in [-0.3, -0.25) is 0 Å². The Balaban J connectivity index is 3.95. The Labute approximate surface area is 104 Å². The Morgan fingerprint density at radius 2 is 2.06 bits per heavy atom. The van der Waals surface area contributed by atoms with Crippen molar-refractivity contribution >= 4 is 0 Å². The van der Waals surface area contributed by atoms with Crippen molar-refractivity contribution < 1.29 is 5.11 Å². The third-order valence-electron chi connectivity index (χ3n) is 2.76. The fourth-order valence-electron chi connectivity index (χ4n) is 1.49. The predicted molar refractivity (Wildman–Crippen MR) is 72.0 cm³/mol.